The maximum Gasteiger partial charge on any atom is 0.187 e. The Bertz CT molecular complexity index is 749. The molecule has 140 valence electrons. The Labute approximate surface area is 162 Å². The monoisotopic (exact) mass is 394 g/mol. The molecular formula is C17H22N4O3S2. The van der Waals surface area contributed by atoms with Crippen molar-refractivity contribution in [3.05, 3.63) is 39.8 Å². The van der Waals surface area contributed by atoms with Crippen molar-refractivity contribution >= 4 is 34.9 Å². The van der Waals surface area contributed by atoms with Crippen molar-refractivity contribution in [1.82, 2.24) is 15.7 Å². The number of aryl methyl sites for hydroxylation is 1. The zero-order valence-corrected chi connectivity index (χ0v) is 16.6. The van der Waals surface area contributed by atoms with Crippen molar-refractivity contribution in [2.45, 2.75) is 13.5 Å². The molecule has 0 atom stereocenters. The Kier molecular flexibility index (Phi) is 8.26. The van der Waals surface area contributed by atoms with Crippen molar-refractivity contribution in [2.24, 2.45) is 5.10 Å². The van der Waals surface area contributed by atoms with Crippen LogP contribution in [-0.2, 0) is 11.3 Å². The highest BCUT2D eigenvalue weighted by atomic mass is 32.1. The van der Waals surface area contributed by atoms with Crippen LogP contribution in [0.25, 0.3) is 0 Å². The van der Waals surface area contributed by atoms with Gasteiger partial charge >= 0.3 is 0 Å². The molecule has 0 amide bonds. The molecule has 7 nitrogen and oxygen atoms in total. The molecule has 0 saturated heterocycles. The first kappa shape index (κ1) is 20.1. The molecule has 0 aliphatic heterocycles. The molecule has 0 bridgehead atoms. The Morgan fingerprint density at radius 1 is 1.35 bits per heavy atom. The smallest absolute Gasteiger partial charge is 0.187 e. The van der Waals surface area contributed by atoms with Gasteiger partial charge < -0.3 is 19.5 Å². The highest BCUT2D eigenvalue weighted by Crippen LogP contribution is 2.28. The van der Waals surface area contributed by atoms with Gasteiger partial charge in [-0.25, -0.2) is 4.98 Å². The maximum atomic E-state index is 5.80. The van der Waals surface area contributed by atoms with E-state index in [1.807, 2.05) is 30.5 Å². The quantitative estimate of drug-likeness (QED) is 0.293. The fraction of sp³-hybridized carbons (Fsp3) is 0.353. The summed E-state index contributed by atoms with van der Waals surface area (Å²) in [5, 5.41) is 10.5. The van der Waals surface area contributed by atoms with Crippen LogP contribution in [0.15, 0.2) is 28.7 Å². The summed E-state index contributed by atoms with van der Waals surface area (Å²) in [4.78, 5) is 4.38. The number of ether oxygens (including phenoxy) is 3. The van der Waals surface area contributed by atoms with Crippen LogP contribution >= 0.6 is 23.6 Å². The number of thiocarbonyl (C=S) groups is 1. The van der Waals surface area contributed by atoms with Crippen LogP contribution in [-0.4, -0.2) is 43.7 Å². The third-order valence-electron chi connectivity index (χ3n) is 3.20. The van der Waals surface area contributed by atoms with Crippen molar-refractivity contribution in [1.29, 1.82) is 0 Å². The molecule has 0 aliphatic rings. The van der Waals surface area contributed by atoms with Crippen molar-refractivity contribution in [2.75, 3.05) is 27.4 Å². The van der Waals surface area contributed by atoms with Gasteiger partial charge in [-0.1, -0.05) is 0 Å². The highest BCUT2D eigenvalue weighted by molar-refractivity contribution is 7.80. The average molecular weight is 395 g/mol. The van der Waals surface area contributed by atoms with Crippen molar-refractivity contribution < 1.29 is 14.2 Å². The molecule has 0 unspecified atom stereocenters. The van der Waals surface area contributed by atoms with Crippen LogP contribution in [0.3, 0.4) is 0 Å². The number of thiazole rings is 1. The number of methoxy groups -OCH3 is 2. The molecule has 0 saturated carbocycles. The fourth-order valence-corrected chi connectivity index (χ4v) is 2.73. The van der Waals surface area contributed by atoms with E-state index in [2.05, 4.69) is 20.8 Å². The maximum absolute atomic E-state index is 5.80. The Balaban J connectivity index is 1.90. The zero-order chi connectivity index (χ0) is 18.8. The van der Waals surface area contributed by atoms with E-state index in [9.17, 15) is 0 Å². The van der Waals surface area contributed by atoms with Gasteiger partial charge in [0.1, 0.15) is 6.61 Å². The Morgan fingerprint density at radius 2 is 2.19 bits per heavy atom. The molecule has 0 spiro atoms. The molecule has 9 heteroatoms. The van der Waals surface area contributed by atoms with E-state index >= 15 is 0 Å². The molecule has 1 heterocycles. The van der Waals surface area contributed by atoms with E-state index in [-0.39, 0.29) is 0 Å². The van der Waals surface area contributed by atoms with Crippen molar-refractivity contribution in [3.63, 3.8) is 0 Å². The largest absolute Gasteiger partial charge is 0.493 e. The molecule has 2 aromatic rings. The minimum atomic E-state index is 0.400. The van der Waals surface area contributed by atoms with Crippen LogP contribution < -0.4 is 20.2 Å². The SMILES string of the molecule is COCCNC(=S)N/N=C\c1ccc(OCc2csc(C)n2)c(OC)c1. The van der Waals surface area contributed by atoms with Gasteiger partial charge in [-0.2, -0.15) is 5.10 Å². The average Bonchev–Trinajstić information content (AvgIpc) is 3.06. The Hall–Kier alpha value is -2.23. The molecule has 0 aliphatic carbocycles. The summed E-state index contributed by atoms with van der Waals surface area (Å²) in [5.41, 5.74) is 4.50. The van der Waals surface area contributed by atoms with Crippen LogP contribution in [0.1, 0.15) is 16.3 Å². The fourth-order valence-electron chi connectivity index (χ4n) is 1.98. The summed E-state index contributed by atoms with van der Waals surface area (Å²) in [6.45, 7) is 3.56. The van der Waals surface area contributed by atoms with E-state index in [1.165, 1.54) is 0 Å². The van der Waals surface area contributed by atoms with Gasteiger partial charge in [0.05, 0.1) is 30.6 Å². The first-order chi connectivity index (χ1) is 12.6. The number of aromatic nitrogens is 1. The topological polar surface area (TPSA) is 77.0 Å². The lowest BCUT2D eigenvalue weighted by Crippen LogP contribution is -2.34. The lowest BCUT2D eigenvalue weighted by atomic mass is 10.2. The third kappa shape index (κ3) is 6.58. The van der Waals surface area contributed by atoms with Gasteiger partial charge in [0.25, 0.3) is 0 Å². The molecule has 0 fully saturated rings. The minimum Gasteiger partial charge on any atom is -0.493 e. The van der Waals surface area contributed by atoms with Gasteiger partial charge in [-0.15, -0.1) is 11.3 Å². The summed E-state index contributed by atoms with van der Waals surface area (Å²) in [5.74, 6) is 1.28. The van der Waals surface area contributed by atoms with E-state index in [0.29, 0.717) is 36.4 Å². The van der Waals surface area contributed by atoms with Crippen molar-refractivity contribution in [3.8, 4) is 11.5 Å². The number of nitrogens with one attached hydrogen (secondary N) is 2. The summed E-state index contributed by atoms with van der Waals surface area (Å²) < 4.78 is 16.1. The zero-order valence-electron chi connectivity index (χ0n) is 14.9. The van der Waals surface area contributed by atoms with Gasteiger partial charge in [0, 0.05) is 19.0 Å². The second-order valence-electron chi connectivity index (χ2n) is 5.18. The van der Waals surface area contributed by atoms with Crippen LogP contribution in [0.2, 0.25) is 0 Å². The minimum absolute atomic E-state index is 0.400. The van der Waals surface area contributed by atoms with Gasteiger partial charge in [-0.05, 0) is 42.9 Å². The first-order valence-corrected chi connectivity index (χ1v) is 9.19. The lowest BCUT2D eigenvalue weighted by Gasteiger charge is -2.10. The molecule has 1 aromatic carbocycles. The van der Waals surface area contributed by atoms with E-state index in [4.69, 9.17) is 26.4 Å². The number of hydrogen-bond acceptors (Lipinski definition) is 7. The number of rotatable bonds is 9. The first-order valence-electron chi connectivity index (χ1n) is 7.90. The number of benzene rings is 1. The van der Waals surface area contributed by atoms with Crippen LogP contribution in [0.4, 0.5) is 0 Å². The van der Waals surface area contributed by atoms with Gasteiger partial charge in [0.2, 0.25) is 0 Å². The summed E-state index contributed by atoms with van der Waals surface area (Å²) in [6, 6.07) is 5.57. The molecular weight excluding hydrogens is 372 g/mol. The summed E-state index contributed by atoms with van der Waals surface area (Å²) >= 11 is 6.69. The van der Waals surface area contributed by atoms with E-state index < -0.39 is 0 Å². The summed E-state index contributed by atoms with van der Waals surface area (Å²) in [6.07, 6.45) is 1.65. The predicted octanol–water partition coefficient (Wildman–Crippen LogP) is 2.48. The normalized spacial score (nSPS) is 10.7. The number of nitrogens with zero attached hydrogens (tertiary/aromatic N) is 2. The lowest BCUT2D eigenvalue weighted by molar-refractivity contribution is 0.204. The predicted molar refractivity (Wildman–Crippen MR) is 107 cm³/mol. The van der Waals surface area contributed by atoms with Gasteiger partial charge in [0.15, 0.2) is 16.6 Å². The van der Waals surface area contributed by atoms with Crippen LogP contribution in [0.5, 0.6) is 11.5 Å². The molecule has 2 rings (SSSR count). The number of hydrogen-bond donors (Lipinski definition) is 2. The standard InChI is InChI=1S/C17H22N4O3S2/c1-12-20-14(11-26-12)10-24-15-5-4-13(8-16(15)23-3)9-19-21-17(25)18-6-7-22-2/h4-5,8-9,11H,6-7,10H2,1-3H3,(H2,18,21,25)/b19-9-. The molecule has 1 aromatic heterocycles. The summed E-state index contributed by atoms with van der Waals surface area (Å²) in [7, 11) is 3.23. The van der Waals surface area contributed by atoms with Gasteiger partial charge in [-0.3, -0.25) is 5.43 Å². The Morgan fingerprint density at radius 3 is 2.88 bits per heavy atom. The molecule has 0 radical (unpaired) electrons. The molecule has 2 N–H and O–H groups in total. The number of hydrazone groups is 1. The second kappa shape index (κ2) is 10.7. The van der Waals surface area contributed by atoms with E-state index in [0.717, 1.165) is 16.3 Å². The second-order valence-corrected chi connectivity index (χ2v) is 6.65. The molecule has 26 heavy (non-hydrogen) atoms. The third-order valence-corrected chi connectivity index (χ3v) is 4.26. The van der Waals surface area contributed by atoms with E-state index in [1.54, 1.807) is 31.8 Å². The van der Waals surface area contributed by atoms with Crippen LogP contribution in [0, 0.1) is 6.92 Å². The highest BCUT2D eigenvalue weighted by Gasteiger charge is 2.07.